The van der Waals surface area contributed by atoms with E-state index in [0.29, 0.717) is 36.6 Å². The number of aromatic nitrogens is 1. The van der Waals surface area contributed by atoms with Gasteiger partial charge < -0.3 is 28.2 Å². The van der Waals surface area contributed by atoms with Gasteiger partial charge in [0.15, 0.2) is 5.69 Å². The van der Waals surface area contributed by atoms with Crippen molar-refractivity contribution >= 4 is 11.9 Å². The molecule has 33 heavy (non-hydrogen) atoms. The van der Waals surface area contributed by atoms with Crippen molar-refractivity contribution in [3.63, 3.8) is 0 Å². The minimum atomic E-state index is -0.786. The number of epoxide rings is 2. The highest BCUT2D eigenvalue weighted by atomic mass is 16.6. The fraction of sp³-hybridized carbons (Fsp3) is 0.292. The molecule has 0 N–H and O–H groups in total. The van der Waals surface area contributed by atoms with Crippen LogP contribution in [0.15, 0.2) is 59.1 Å². The van der Waals surface area contributed by atoms with Gasteiger partial charge >= 0.3 is 11.9 Å². The molecule has 0 radical (unpaired) electrons. The third-order valence-electron chi connectivity index (χ3n) is 5.08. The topological polar surface area (TPSA) is 113 Å². The lowest BCUT2D eigenvalue weighted by Crippen LogP contribution is -2.10. The molecule has 5 rings (SSSR count). The molecule has 0 amide bonds. The molecule has 2 saturated heterocycles. The molecule has 1 aromatic heterocycles. The first-order chi connectivity index (χ1) is 16.1. The van der Waals surface area contributed by atoms with Crippen molar-refractivity contribution < 1.29 is 37.8 Å². The van der Waals surface area contributed by atoms with Gasteiger partial charge in [-0.15, -0.1) is 0 Å². The molecule has 0 spiro atoms. The Morgan fingerprint density at radius 2 is 1.45 bits per heavy atom. The lowest BCUT2D eigenvalue weighted by atomic mass is 10.1. The fourth-order valence-corrected chi connectivity index (χ4v) is 3.03. The van der Waals surface area contributed by atoms with Crippen LogP contribution in [0.4, 0.5) is 0 Å². The van der Waals surface area contributed by atoms with Crippen molar-refractivity contribution in [2.45, 2.75) is 25.0 Å². The molecule has 2 aliphatic heterocycles. The largest absolute Gasteiger partial charge is 0.491 e. The zero-order valence-electron chi connectivity index (χ0n) is 17.6. The van der Waals surface area contributed by atoms with E-state index in [4.69, 9.17) is 28.2 Å². The molecule has 3 aromatic rings. The van der Waals surface area contributed by atoms with Gasteiger partial charge in [-0.2, -0.15) is 0 Å². The number of carbonyl (C=O) groups is 2. The first-order valence-corrected chi connectivity index (χ1v) is 10.6. The van der Waals surface area contributed by atoms with E-state index in [2.05, 4.69) is 5.16 Å². The number of hydrogen-bond acceptors (Lipinski definition) is 9. The summed E-state index contributed by atoms with van der Waals surface area (Å²) in [6.45, 7) is 2.03. The molecule has 0 bridgehead atoms. The predicted octanol–water partition coefficient (Wildman–Crippen LogP) is 3.22. The van der Waals surface area contributed by atoms with E-state index in [0.717, 1.165) is 25.0 Å². The number of carbonyl (C=O) groups excluding carboxylic acids is 2. The van der Waals surface area contributed by atoms with Gasteiger partial charge in [0.2, 0.25) is 5.76 Å². The van der Waals surface area contributed by atoms with Crippen LogP contribution in [0.5, 0.6) is 17.2 Å². The highest BCUT2D eigenvalue weighted by Crippen LogP contribution is 2.22. The van der Waals surface area contributed by atoms with Crippen LogP contribution in [-0.4, -0.2) is 49.1 Å². The Bertz CT molecular complexity index is 1030. The van der Waals surface area contributed by atoms with E-state index >= 15 is 0 Å². The van der Waals surface area contributed by atoms with E-state index in [9.17, 15) is 9.59 Å². The second-order valence-corrected chi connectivity index (χ2v) is 7.73. The third-order valence-corrected chi connectivity index (χ3v) is 5.08. The Kier molecular flexibility index (Phi) is 6.05. The Hall–Kier alpha value is -3.69. The Morgan fingerprint density at radius 3 is 2.12 bits per heavy atom. The van der Waals surface area contributed by atoms with Crippen LogP contribution in [-0.2, 0) is 15.9 Å². The van der Waals surface area contributed by atoms with Crippen molar-refractivity contribution in [2.75, 3.05) is 19.8 Å². The van der Waals surface area contributed by atoms with Crippen LogP contribution >= 0.6 is 0 Å². The standard InChI is InChI=1S/C24H21NO8/c26-23(31-17-4-1-15(2-5-17)3-6-19-12-29-19)21-11-22(33-25-21)24(27)32-18-9-7-16(8-10-18)28-13-20-14-30-20/h1-2,4-5,7-11,19-20H,3,6,12-14H2. The summed E-state index contributed by atoms with van der Waals surface area (Å²) < 4.78 is 31.3. The molecular weight excluding hydrogens is 430 g/mol. The summed E-state index contributed by atoms with van der Waals surface area (Å²) in [5.41, 5.74) is 0.997. The van der Waals surface area contributed by atoms with Crippen LogP contribution in [0.2, 0.25) is 0 Å². The van der Waals surface area contributed by atoms with E-state index in [1.54, 1.807) is 36.4 Å². The minimum Gasteiger partial charge on any atom is -0.491 e. The van der Waals surface area contributed by atoms with Crippen LogP contribution in [0.3, 0.4) is 0 Å². The molecule has 2 unspecified atom stereocenters. The van der Waals surface area contributed by atoms with Gasteiger partial charge in [0.25, 0.3) is 0 Å². The molecular formula is C24H21NO8. The monoisotopic (exact) mass is 451 g/mol. The first-order valence-electron chi connectivity index (χ1n) is 10.6. The number of ether oxygens (including phenoxy) is 5. The number of nitrogens with zero attached hydrogens (tertiary/aromatic N) is 1. The van der Waals surface area contributed by atoms with Crippen LogP contribution < -0.4 is 14.2 Å². The second-order valence-electron chi connectivity index (χ2n) is 7.73. The smallest absolute Gasteiger partial charge is 0.382 e. The minimum absolute atomic E-state index is 0.136. The third kappa shape index (κ3) is 5.97. The molecule has 0 saturated carbocycles. The summed E-state index contributed by atoms with van der Waals surface area (Å²) in [4.78, 5) is 24.6. The van der Waals surface area contributed by atoms with Crippen molar-refractivity contribution in [2.24, 2.45) is 0 Å². The molecule has 0 aliphatic carbocycles. The fourth-order valence-electron chi connectivity index (χ4n) is 3.03. The summed E-state index contributed by atoms with van der Waals surface area (Å²) in [6.07, 6.45) is 2.40. The Morgan fingerprint density at radius 1 is 0.848 bits per heavy atom. The van der Waals surface area contributed by atoms with Crippen LogP contribution in [0.25, 0.3) is 0 Å². The van der Waals surface area contributed by atoms with Gasteiger partial charge in [0, 0.05) is 6.07 Å². The predicted molar refractivity (Wildman–Crippen MR) is 113 cm³/mol. The SMILES string of the molecule is O=C(Oc1ccc(CCC2CO2)cc1)c1cc(C(=O)Oc2ccc(OCC3CO3)cc2)on1. The van der Waals surface area contributed by atoms with Crippen molar-refractivity contribution in [1.82, 2.24) is 5.16 Å². The van der Waals surface area contributed by atoms with Gasteiger partial charge in [0.05, 0.1) is 19.3 Å². The summed E-state index contributed by atoms with van der Waals surface area (Å²) in [6, 6.07) is 14.9. The molecule has 2 atom stereocenters. The number of rotatable bonds is 10. The lowest BCUT2D eigenvalue weighted by molar-refractivity contribution is 0.0682. The first kappa shape index (κ1) is 21.2. The molecule has 9 heteroatoms. The maximum absolute atomic E-state index is 12.3. The van der Waals surface area contributed by atoms with Gasteiger partial charge in [-0.25, -0.2) is 9.59 Å². The summed E-state index contributed by atoms with van der Waals surface area (Å²) in [7, 11) is 0. The van der Waals surface area contributed by atoms with Crippen molar-refractivity contribution in [3.05, 3.63) is 71.6 Å². The molecule has 2 aromatic carbocycles. The Labute approximate surface area is 189 Å². The molecule has 2 fully saturated rings. The zero-order chi connectivity index (χ0) is 22.6. The molecule has 2 aliphatic rings. The zero-order valence-corrected chi connectivity index (χ0v) is 17.6. The Balaban J connectivity index is 1.12. The molecule has 170 valence electrons. The maximum Gasteiger partial charge on any atom is 0.382 e. The average Bonchev–Trinajstić information content (AvgIpc) is 3.77. The van der Waals surface area contributed by atoms with E-state index in [-0.39, 0.29) is 17.6 Å². The number of aryl methyl sites for hydroxylation is 1. The summed E-state index contributed by atoms with van der Waals surface area (Å²) >= 11 is 0. The molecule has 9 nitrogen and oxygen atoms in total. The highest BCUT2D eigenvalue weighted by Gasteiger charge is 2.24. The second kappa shape index (κ2) is 9.43. The highest BCUT2D eigenvalue weighted by molar-refractivity contribution is 5.93. The molecule has 3 heterocycles. The quantitative estimate of drug-likeness (QED) is 0.260. The maximum atomic E-state index is 12.3. The van der Waals surface area contributed by atoms with E-state index < -0.39 is 11.9 Å². The summed E-state index contributed by atoms with van der Waals surface area (Å²) in [5.74, 6) is -0.438. The number of esters is 2. The number of benzene rings is 2. The average molecular weight is 451 g/mol. The van der Waals surface area contributed by atoms with Gasteiger partial charge in [0.1, 0.15) is 30.0 Å². The van der Waals surface area contributed by atoms with Crippen LogP contribution in [0.1, 0.15) is 33.0 Å². The van der Waals surface area contributed by atoms with Crippen LogP contribution in [0, 0.1) is 0 Å². The number of hydrogen-bond donors (Lipinski definition) is 0. The van der Waals surface area contributed by atoms with Gasteiger partial charge in [-0.1, -0.05) is 17.3 Å². The van der Waals surface area contributed by atoms with E-state index in [1.165, 1.54) is 6.07 Å². The normalized spacial score (nSPS) is 18.4. The van der Waals surface area contributed by atoms with Gasteiger partial charge in [-0.3, -0.25) is 0 Å². The van der Waals surface area contributed by atoms with Crippen molar-refractivity contribution in [1.29, 1.82) is 0 Å². The summed E-state index contributed by atoms with van der Waals surface area (Å²) in [5, 5.41) is 3.61. The van der Waals surface area contributed by atoms with Crippen molar-refractivity contribution in [3.8, 4) is 17.2 Å². The van der Waals surface area contributed by atoms with Gasteiger partial charge in [-0.05, 0) is 54.8 Å². The van der Waals surface area contributed by atoms with E-state index in [1.807, 2.05) is 12.1 Å². The lowest BCUT2D eigenvalue weighted by Gasteiger charge is -2.05.